The molecule has 66 valence electrons. The highest BCUT2D eigenvalue weighted by atomic mass is 16.4. The van der Waals surface area contributed by atoms with Crippen LogP contribution in [0, 0.1) is 0 Å². The van der Waals surface area contributed by atoms with Crippen molar-refractivity contribution in [2.24, 2.45) is 5.16 Å². The van der Waals surface area contributed by atoms with E-state index in [1.165, 1.54) is 17.3 Å². The number of fused-ring (bicyclic) bond motifs is 1. The second kappa shape index (κ2) is 3.44. The van der Waals surface area contributed by atoms with Gasteiger partial charge in [0.2, 0.25) is 0 Å². The molecule has 0 spiro atoms. The lowest BCUT2D eigenvalue weighted by molar-refractivity contribution is 0.320. The summed E-state index contributed by atoms with van der Waals surface area (Å²) in [6.45, 7) is 0. The van der Waals surface area contributed by atoms with Gasteiger partial charge in [0.05, 0.1) is 0 Å². The normalized spacial score (nSPS) is 19.5. The van der Waals surface area contributed by atoms with Gasteiger partial charge in [-0.1, -0.05) is 36.4 Å². The first-order valence-corrected chi connectivity index (χ1v) is 4.35. The van der Waals surface area contributed by atoms with Crippen LogP contribution in [0.25, 0.3) is 6.08 Å². The molecule has 2 nitrogen and oxygen atoms in total. The van der Waals surface area contributed by atoms with E-state index < -0.39 is 0 Å². The Morgan fingerprint density at radius 1 is 1.38 bits per heavy atom. The van der Waals surface area contributed by atoms with E-state index >= 15 is 0 Å². The van der Waals surface area contributed by atoms with Gasteiger partial charge in [-0.05, 0) is 17.5 Å². The van der Waals surface area contributed by atoms with Crippen LogP contribution in [0.3, 0.4) is 0 Å². The molecule has 1 aliphatic rings. The molecular formula is C11H11NO. The molecule has 0 heterocycles. The van der Waals surface area contributed by atoms with Crippen molar-refractivity contribution in [2.45, 2.75) is 12.3 Å². The topological polar surface area (TPSA) is 32.6 Å². The summed E-state index contributed by atoms with van der Waals surface area (Å²) in [5.41, 5.74) is 2.60. The molecule has 1 aromatic rings. The molecule has 1 aromatic carbocycles. The Balaban J connectivity index is 2.23. The van der Waals surface area contributed by atoms with Gasteiger partial charge in [0.1, 0.15) is 0 Å². The van der Waals surface area contributed by atoms with Crippen molar-refractivity contribution in [2.75, 3.05) is 0 Å². The summed E-state index contributed by atoms with van der Waals surface area (Å²) in [7, 11) is 0. The van der Waals surface area contributed by atoms with E-state index in [1.807, 2.05) is 12.1 Å². The van der Waals surface area contributed by atoms with E-state index in [9.17, 15) is 0 Å². The maximum atomic E-state index is 8.32. The minimum absolute atomic E-state index is 0.382. The lowest BCUT2D eigenvalue weighted by atomic mass is 9.98. The fourth-order valence-corrected chi connectivity index (χ4v) is 1.69. The third-order valence-corrected chi connectivity index (χ3v) is 2.34. The van der Waals surface area contributed by atoms with E-state index in [2.05, 4.69) is 29.4 Å². The van der Waals surface area contributed by atoms with Crippen molar-refractivity contribution in [3.63, 3.8) is 0 Å². The van der Waals surface area contributed by atoms with E-state index in [1.54, 1.807) is 0 Å². The van der Waals surface area contributed by atoms with Gasteiger partial charge < -0.3 is 5.21 Å². The van der Waals surface area contributed by atoms with E-state index in [0.29, 0.717) is 5.92 Å². The summed E-state index contributed by atoms with van der Waals surface area (Å²) in [5, 5.41) is 11.3. The molecule has 0 bridgehead atoms. The van der Waals surface area contributed by atoms with Gasteiger partial charge >= 0.3 is 0 Å². The van der Waals surface area contributed by atoms with Gasteiger partial charge in [-0.25, -0.2) is 0 Å². The molecule has 1 aliphatic carbocycles. The standard InChI is InChI=1S/C11H11NO/c13-12-8-7-10-6-5-9-3-1-2-4-11(9)10/h1-6,8,10,13H,7H2/b12-8+. The zero-order valence-electron chi connectivity index (χ0n) is 7.22. The molecular weight excluding hydrogens is 162 g/mol. The summed E-state index contributed by atoms with van der Waals surface area (Å²) in [6, 6.07) is 8.29. The first kappa shape index (κ1) is 8.05. The predicted octanol–water partition coefficient (Wildman–Crippen LogP) is 2.65. The van der Waals surface area contributed by atoms with Crippen molar-refractivity contribution in [3.8, 4) is 0 Å². The zero-order chi connectivity index (χ0) is 9.10. The van der Waals surface area contributed by atoms with Crippen LogP contribution in [-0.4, -0.2) is 11.4 Å². The van der Waals surface area contributed by atoms with Gasteiger partial charge in [0, 0.05) is 12.1 Å². The number of hydrogen-bond acceptors (Lipinski definition) is 2. The summed E-state index contributed by atoms with van der Waals surface area (Å²) >= 11 is 0. The molecule has 13 heavy (non-hydrogen) atoms. The van der Waals surface area contributed by atoms with Crippen LogP contribution in [-0.2, 0) is 0 Å². The van der Waals surface area contributed by atoms with Crippen molar-refractivity contribution in [1.82, 2.24) is 0 Å². The van der Waals surface area contributed by atoms with Crippen LogP contribution >= 0.6 is 0 Å². The highest BCUT2D eigenvalue weighted by Crippen LogP contribution is 2.31. The number of oxime groups is 1. The van der Waals surface area contributed by atoms with Crippen LogP contribution in [0.4, 0.5) is 0 Å². The van der Waals surface area contributed by atoms with Crippen molar-refractivity contribution >= 4 is 12.3 Å². The van der Waals surface area contributed by atoms with Gasteiger partial charge in [-0.15, -0.1) is 5.16 Å². The first-order valence-electron chi connectivity index (χ1n) is 4.35. The van der Waals surface area contributed by atoms with Crippen molar-refractivity contribution in [3.05, 3.63) is 41.5 Å². The summed E-state index contributed by atoms with van der Waals surface area (Å²) < 4.78 is 0. The van der Waals surface area contributed by atoms with Crippen LogP contribution in [0.1, 0.15) is 23.5 Å². The fourth-order valence-electron chi connectivity index (χ4n) is 1.69. The average molecular weight is 173 g/mol. The quantitative estimate of drug-likeness (QED) is 0.416. The molecule has 0 amide bonds. The molecule has 0 aromatic heterocycles. The predicted molar refractivity (Wildman–Crippen MR) is 53.1 cm³/mol. The first-order chi connectivity index (χ1) is 6.42. The number of nitrogens with zero attached hydrogens (tertiary/aromatic N) is 1. The largest absolute Gasteiger partial charge is 0.411 e. The Morgan fingerprint density at radius 2 is 2.23 bits per heavy atom. The molecule has 0 saturated carbocycles. The van der Waals surface area contributed by atoms with Crippen LogP contribution in [0.15, 0.2) is 35.5 Å². The Labute approximate surface area is 77.2 Å². The number of allylic oxidation sites excluding steroid dienone is 1. The maximum Gasteiger partial charge on any atom is 0.0445 e. The van der Waals surface area contributed by atoms with Crippen LogP contribution in [0.5, 0.6) is 0 Å². The van der Waals surface area contributed by atoms with Gasteiger partial charge in [0.25, 0.3) is 0 Å². The second-order valence-corrected chi connectivity index (χ2v) is 3.13. The highest BCUT2D eigenvalue weighted by Gasteiger charge is 2.14. The molecule has 1 atom stereocenters. The summed E-state index contributed by atoms with van der Waals surface area (Å²) in [6.07, 6.45) is 6.57. The fraction of sp³-hybridized carbons (Fsp3) is 0.182. The Bertz CT molecular complexity index is 355. The molecule has 2 rings (SSSR count). The Hall–Kier alpha value is -1.57. The summed E-state index contributed by atoms with van der Waals surface area (Å²) in [4.78, 5) is 0. The maximum absolute atomic E-state index is 8.32. The lowest BCUT2D eigenvalue weighted by Crippen LogP contribution is -1.93. The number of benzene rings is 1. The van der Waals surface area contributed by atoms with E-state index in [-0.39, 0.29) is 0 Å². The highest BCUT2D eigenvalue weighted by molar-refractivity contribution is 5.67. The lowest BCUT2D eigenvalue weighted by Gasteiger charge is -2.06. The molecule has 0 fully saturated rings. The number of rotatable bonds is 2. The van der Waals surface area contributed by atoms with Crippen LogP contribution in [0.2, 0.25) is 0 Å². The average Bonchev–Trinajstić information content (AvgIpc) is 2.58. The van der Waals surface area contributed by atoms with Crippen molar-refractivity contribution in [1.29, 1.82) is 0 Å². The van der Waals surface area contributed by atoms with Crippen LogP contribution < -0.4 is 0 Å². The zero-order valence-corrected chi connectivity index (χ0v) is 7.22. The van der Waals surface area contributed by atoms with Gasteiger partial charge in [-0.2, -0.15) is 0 Å². The third kappa shape index (κ3) is 1.47. The summed E-state index contributed by atoms with van der Waals surface area (Å²) in [5.74, 6) is 0.382. The monoisotopic (exact) mass is 173 g/mol. The molecule has 1 unspecified atom stereocenters. The van der Waals surface area contributed by atoms with E-state index in [4.69, 9.17) is 5.21 Å². The molecule has 1 N–H and O–H groups in total. The second-order valence-electron chi connectivity index (χ2n) is 3.13. The van der Waals surface area contributed by atoms with Crippen molar-refractivity contribution < 1.29 is 5.21 Å². The smallest absolute Gasteiger partial charge is 0.0445 e. The molecule has 0 aliphatic heterocycles. The Morgan fingerprint density at radius 3 is 3.08 bits per heavy atom. The number of hydrogen-bond donors (Lipinski definition) is 1. The van der Waals surface area contributed by atoms with Gasteiger partial charge in [-0.3, -0.25) is 0 Å². The molecule has 0 saturated heterocycles. The van der Waals surface area contributed by atoms with Gasteiger partial charge in [0.15, 0.2) is 0 Å². The minimum atomic E-state index is 0.382. The molecule has 0 radical (unpaired) electrons. The molecule has 2 heteroatoms. The SMILES string of the molecule is O/N=C/CC1C=Cc2ccccc21. The Kier molecular flexibility index (Phi) is 2.13. The third-order valence-electron chi connectivity index (χ3n) is 2.34. The van der Waals surface area contributed by atoms with E-state index in [0.717, 1.165) is 6.42 Å². The minimum Gasteiger partial charge on any atom is -0.411 e.